The molecule has 6 nitrogen and oxygen atoms in total. The van der Waals surface area contributed by atoms with Gasteiger partial charge in [-0.25, -0.2) is 0 Å². The predicted molar refractivity (Wildman–Crippen MR) is 111 cm³/mol. The molecule has 0 aliphatic heterocycles. The lowest BCUT2D eigenvalue weighted by Crippen LogP contribution is -2.37. The second-order valence-electron chi connectivity index (χ2n) is 6.29. The average Bonchev–Trinajstić information content (AvgIpc) is 2.72. The monoisotopic (exact) mass is 414 g/mol. The van der Waals surface area contributed by atoms with E-state index >= 15 is 0 Å². The largest absolute Gasteiger partial charge is 0.452 e. The van der Waals surface area contributed by atoms with Gasteiger partial charge in [0.05, 0.1) is 23.0 Å². The second kappa shape index (κ2) is 11.0. The van der Waals surface area contributed by atoms with Crippen molar-refractivity contribution in [1.82, 2.24) is 10.6 Å². The molecule has 2 aromatic rings. The van der Waals surface area contributed by atoms with Crippen LogP contribution in [0.2, 0.25) is 5.02 Å². The summed E-state index contributed by atoms with van der Waals surface area (Å²) in [6.07, 6.45) is 0.430. The number of hydrogen-bond donors (Lipinski definition) is 2. The Bertz CT molecular complexity index is 870. The zero-order valence-corrected chi connectivity index (χ0v) is 16.8. The molecule has 0 aliphatic carbocycles. The van der Waals surface area contributed by atoms with E-state index < -0.39 is 29.9 Å². The molecule has 0 radical (unpaired) electrons. The number of benzene rings is 2. The Morgan fingerprint density at radius 2 is 1.76 bits per heavy atom. The number of esters is 1. The standard InChI is InChI=1S/C22H23ClN2O4/c1-3-13-24-21(27)15(2)29-20(26)14-19(16-9-5-4-6-10-16)25-22(28)17-11-7-8-12-18(17)23/h3-12,15,19H,1,13-14H2,2H3,(H,24,27)(H,25,28)/t15-,19-/m1/s1. The molecule has 0 aliphatic rings. The molecule has 2 rings (SSSR count). The first-order chi connectivity index (χ1) is 13.9. The van der Waals surface area contributed by atoms with Gasteiger partial charge in [-0.05, 0) is 24.6 Å². The molecular formula is C22H23ClN2O4. The van der Waals surface area contributed by atoms with E-state index in [1.807, 2.05) is 6.07 Å². The van der Waals surface area contributed by atoms with Crippen molar-refractivity contribution >= 4 is 29.4 Å². The highest BCUT2D eigenvalue weighted by Crippen LogP contribution is 2.21. The maximum absolute atomic E-state index is 12.7. The minimum Gasteiger partial charge on any atom is -0.452 e. The van der Waals surface area contributed by atoms with Gasteiger partial charge >= 0.3 is 5.97 Å². The van der Waals surface area contributed by atoms with Gasteiger partial charge in [0.25, 0.3) is 11.8 Å². The molecule has 0 spiro atoms. The Morgan fingerprint density at radius 3 is 2.41 bits per heavy atom. The summed E-state index contributed by atoms with van der Waals surface area (Å²) in [6, 6.07) is 15.0. The minimum absolute atomic E-state index is 0.140. The van der Waals surface area contributed by atoms with Gasteiger partial charge in [0.15, 0.2) is 6.10 Å². The van der Waals surface area contributed by atoms with Crippen LogP contribution in [0.25, 0.3) is 0 Å². The highest BCUT2D eigenvalue weighted by Gasteiger charge is 2.24. The zero-order valence-electron chi connectivity index (χ0n) is 16.1. The van der Waals surface area contributed by atoms with Crippen LogP contribution in [0.3, 0.4) is 0 Å². The van der Waals surface area contributed by atoms with Gasteiger partial charge in [0, 0.05) is 6.54 Å². The third-order valence-electron chi connectivity index (χ3n) is 4.09. The smallest absolute Gasteiger partial charge is 0.309 e. The van der Waals surface area contributed by atoms with E-state index in [4.69, 9.17) is 16.3 Å². The fourth-order valence-corrected chi connectivity index (χ4v) is 2.82. The zero-order chi connectivity index (χ0) is 21.2. The number of carbonyl (C=O) groups excluding carboxylic acids is 3. The number of rotatable bonds is 9. The fourth-order valence-electron chi connectivity index (χ4n) is 2.60. The number of carbonyl (C=O) groups is 3. The van der Waals surface area contributed by atoms with Crippen molar-refractivity contribution in [2.75, 3.05) is 6.54 Å². The van der Waals surface area contributed by atoms with Crippen molar-refractivity contribution in [3.8, 4) is 0 Å². The summed E-state index contributed by atoms with van der Waals surface area (Å²) in [7, 11) is 0. The molecular weight excluding hydrogens is 392 g/mol. The molecule has 0 saturated carbocycles. The van der Waals surface area contributed by atoms with Crippen LogP contribution in [-0.4, -0.2) is 30.4 Å². The lowest BCUT2D eigenvalue weighted by molar-refractivity contribution is -0.155. The first-order valence-corrected chi connectivity index (χ1v) is 9.48. The molecule has 2 aromatic carbocycles. The lowest BCUT2D eigenvalue weighted by Gasteiger charge is -2.20. The van der Waals surface area contributed by atoms with Gasteiger partial charge < -0.3 is 15.4 Å². The predicted octanol–water partition coefficient (Wildman–Crippen LogP) is 3.44. The minimum atomic E-state index is -0.960. The second-order valence-corrected chi connectivity index (χ2v) is 6.69. The molecule has 0 unspecified atom stereocenters. The summed E-state index contributed by atoms with van der Waals surface area (Å²) >= 11 is 6.10. The van der Waals surface area contributed by atoms with E-state index in [2.05, 4.69) is 17.2 Å². The Morgan fingerprint density at radius 1 is 1.10 bits per heavy atom. The number of ether oxygens (including phenoxy) is 1. The molecule has 0 fully saturated rings. The number of halogens is 1. The van der Waals surface area contributed by atoms with Crippen LogP contribution >= 0.6 is 11.6 Å². The van der Waals surface area contributed by atoms with Gasteiger partial charge in [-0.15, -0.1) is 6.58 Å². The van der Waals surface area contributed by atoms with E-state index in [0.29, 0.717) is 10.6 Å². The molecule has 2 amide bonds. The van der Waals surface area contributed by atoms with Crippen molar-refractivity contribution in [2.24, 2.45) is 0 Å². The van der Waals surface area contributed by atoms with Gasteiger partial charge in [0.1, 0.15) is 0 Å². The van der Waals surface area contributed by atoms with Crippen LogP contribution in [0.15, 0.2) is 67.3 Å². The van der Waals surface area contributed by atoms with Crippen molar-refractivity contribution in [1.29, 1.82) is 0 Å². The first kappa shape index (κ1) is 22.2. The molecule has 0 bridgehead atoms. The molecule has 152 valence electrons. The Kier molecular flexibility index (Phi) is 8.43. The SMILES string of the molecule is C=CCNC(=O)[C@@H](C)OC(=O)C[C@@H](NC(=O)c1ccccc1Cl)c1ccccc1. The fraction of sp³-hybridized carbons (Fsp3) is 0.227. The number of nitrogens with one attached hydrogen (secondary N) is 2. The van der Waals surface area contributed by atoms with Gasteiger partial charge in [-0.1, -0.05) is 60.1 Å². The quantitative estimate of drug-likeness (QED) is 0.486. The summed E-state index contributed by atoms with van der Waals surface area (Å²) in [6.45, 7) is 5.27. The van der Waals surface area contributed by atoms with Crippen molar-refractivity contribution < 1.29 is 19.1 Å². The van der Waals surface area contributed by atoms with Crippen LogP contribution in [0.1, 0.15) is 35.3 Å². The molecule has 2 N–H and O–H groups in total. The summed E-state index contributed by atoms with van der Waals surface area (Å²) in [4.78, 5) is 36.9. The molecule has 29 heavy (non-hydrogen) atoms. The van der Waals surface area contributed by atoms with Crippen molar-refractivity contribution in [3.05, 3.63) is 83.4 Å². The van der Waals surface area contributed by atoms with Gasteiger partial charge in [-0.2, -0.15) is 0 Å². The highest BCUT2D eigenvalue weighted by atomic mass is 35.5. The van der Waals surface area contributed by atoms with E-state index in [9.17, 15) is 14.4 Å². The van der Waals surface area contributed by atoms with Crippen LogP contribution in [0.5, 0.6) is 0 Å². The first-order valence-electron chi connectivity index (χ1n) is 9.10. The van der Waals surface area contributed by atoms with Gasteiger partial charge in [0.2, 0.25) is 0 Å². The molecule has 0 saturated heterocycles. The molecule has 7 heteroatoms. The van der Waals surface area contributed by atoms with E-state index in [-0.39, 0.29) is 13.0 Å². The third-order valence-corrected chi connectivity index (χ3v) is 4.42. The van der Waals surface area contributed by atoms with Crippen LogP contribution in [0.4, 0.5) is 0 Å². The molecule has 0 aromatic heterocycles. The summed E-state index contributed by atoms with van der Waals surface area (Å²) in [5.74, 6) is -1.44. The van der Waals surface area contributed by atoms with Crippen molar-refractivity contribution in [3.63, 3.8) is 0 Å². The maximum atomic E-state index is 12.7. The Labute approximate surface area is 174 Å². The highest BCUT2D eigenvalue weighted by molar-refractivity contribution is 6.33. The van der Waals surface area contributed by atoms with Gasteiger partial charge in [-0.3, -0.25) is 14.4 Å². The molecule has 0 heterocycles. The molecule has 2 atom stereocenters. The summed E-state index contributed by atoms with van der Waals surface area (Å²) in [5, 5.41) is 5.70. The Hall–Kier alpha value is -3.12. The Balaban J connectivity index is 2.10. The van der Waals surface area contributed by atoms with Crippen LogP contribution in [0, 0.1) is 0 Å². The lowest BCUT2D eigenvalue weighted by atomic mass is 10.0. The van der Waals surface area contributed by atoms with E-state index in [0.717, 1.165) is 5.56 Å². The topological polar surface area (TPSA) is 84.5 Å². The van der Waals surface area contributed by atoms with Crippen LogP contribution < -0.4 is 10.6 Å². The van der Waals surface area contributed by atoms with Crippen molar-refractivity contribution in [2.45, 2.75) is 25.5 Å². The third kappa shape index (κ3) is 6.76. The van der Waals surface area contributed by atoms with E-state index in [1.54, 1.807) is 48.5 Å². The van der Waals surface area contributed by atoms with E-state index in [1.165, 1.54) is 13.0 Å². The van der Waals surface area contributed by atoms with Crippen LogP contribution in [-0.2, 0) is 14.3 Å². The summed E-state index contributed by atoms with van der Waals surface area (Å²) in [5.41, 5.74) is 1.04. The number of hydrogen-bond acceptors (Lipinski definition) is 4. The normalized spacial score (nSPS) is 12.3. The maximum Gasteiger partial charge on any atom is 0.309 e. The summed E-state index contributed by atoms with van der Waals surface area (Å²) < 4.78 is 5.21. The average molecular weight is 415 g/mol. The number of amides is 2.